The fourth-order valence-electron chi connectivity index (χ4n) is 0.666. The second-order valence-electron chi connectivity index (χ2n) is 2.12. The van der Waals surface area contributed by atoms with E-state index in [9.17, 15) is 5.11 Å². The lowest BCUT2D eigenvalue weighted by molar-refractivity contribution is 0.0339. The smallest absolute Gasteiger partial charge is 0.129 e. The summed E-state index contributed by atoms with van der Waals surface area (Å²) in [5.74, 6) is 0. The van der Waals surface area contributed by atoms with Crippen LogP contribution in [0, 0.1) is 0 Å². The van der Waals surface area contributed by atoms with E-state index in [2.05, 4.69) is 25.6 Å². The summed E-state index contributed by atoms with van der Waals surface area (Å²) in [6.45, 7) is 0. The summed E-state index contributed by atoms with van der Waals surface area (Å²) < 4.78 is 4.49. The first kappa shape index (κ1) is 8.70. The zero-order valence-corrected chi connectivity index (χ0v) is 7.23. The Labute approximate surface area is 71.9 Å². The quantitative estimate of drug-likeness (QED) is 0.729. The van der Waals surface area contributed by atoms with E-state index in [1.165, 1.54) is 12.5 Å². The monoisotopic (exact) mass is 221 g/mol. The van der Waals surface area contributed by atoms with Crippen LogP contribution in [-0.2, 0) is 0 Å². The first-order valence-electron chi connectivity index (χ1n) is 3.07. The number of aromatic nitrogens is 1. The molecular formula is C6H8BrNO3. The van der Waals surface area contributed by atoms with E-state index in [1.54, 1.807) is 0 Å². The van der Waals surface area contributed by atoms with Crippen molar-refractivity contribution in [3.8, 4) is 0 Å². The average Bonchev–Trinajstić information content (AvgIpc) is 2.53. The molecule has 4 nitrogen and oxygen atoms in total. The lowest BCUT2D eigenvalue weighted by Crippen LogP contribution is -2.18. The molecule has 2 N–H and O–H groups in total. The van der Waals surface area contributed by atoms with Crippen LogP contribution in [0.3, 0.4) is 0 Å². The summed E-state index contributed by atoms with van der Waals surface area (Å²) in [5, 5.41) is 22.1. The topological polar surface area (TPSA) is 66.5 Å². The van der Waals surface area contributed by atoms with Crippen molar-refractivity contribution in [2.45, 2.75) is 12.2 Å². The predicted molar refractivity (Wildman–Crippen MR) is 41.3 cm³/mol. The van der Waals surface area contributed by atoms with Crippen molar-refractivity contribution in [2.24, 2.45) is 0 Å². The molecule has 0 bridgehead atoms. The van der Waals surface area contributed by atoms with Crippen LogP contribution < -0.4 is 0 Å². The van der Waals surface area contributed by atoms with Gasteiger partial charge in [-0.15, -0.1) is 0 Å². The number of aliphatic hydroxyl groups excluding tert-OH is 2. The van der Waals surface area contributed by atoms with Crippen LogP contribution in [0.1, 0.15) is 11.7 Å². The number of nitrogens with zero attached hydrogens (tertiary/aromatic N) is 1. The minimum absolute atomic E-state index is 0.319. The molecule has 0 saturated carbocycles. The summed E-state index contributed by atoms with van der Waals surface area (Å²) in [6, 6.07) is 0. The highest BCUT2D eigenvalue weighted by Crippen LogP contribution is 2.16. The highest BCUT2D eigenvalue weighted by atomic mass is 79.9. The molecular weight excluding hydrogens is 214 g/mol. The van der Waals surface area contributed by atoms with Crippen molar-refractivity contribution in [1.29, 1.82) is 0 Å². The van der Waals surface area contributed by atoms with Gasteiger partial charge in [0.1, 0.15) is 12.4 Å². The molecule has 0 fully saturated rings. The van der Waals surface area contributed by atoms with Gasteiger partial charge in [-0.3, -0.25) is 0 Å². The Morgan fingerprint density at radius 2 is 2.36 bits per heavy atom. The molecule has 0 saturated heterocycles. The molecule has 0 radical (unpaired) electrons. The van der Waals surface area contributed by atoms with E-state index >= 15 is 0 Å². The SMILES string of the molecule is OC(CBr)C(O)c1cnoc1. The van der Waals surface area contributed by atoms with E-state index in [0.717, 1.165) is 0 Å². The van der Waals surface area contributed by atoms with Gasteiger partial charge in [-0.25, -0.2) is 0 Å². The third-order valence-electron chi connectivity index (χ3n) is 1.32. The van der Waals surface area contributed by atoms with Crippen molar-refractivity contribution < 1.29 is 14.7 Å². The Bertz CT molecular complexity index is 202. The third kappa shape index (κ3) is 2.02. The zero-order valence-electron chi connectivity index (χ0n) is 5.64. The second kappa shape index (κ2) is 3.85. The van der Waals surface area contributed by atoms with Gasteiger partial charge in [-0.1, -0.05) is 21.1 Å². The lowest BCUT2D eigenvalue weighted by atomic mass is 10.1. The summed E-state index contributed by atoms with van der Waals surface area (Å²) in [6.07, 6.45) is 0.919. The highest BCUT2D eigenvalue weighted by molar-refractivity contribution is 9.09. The predicted octanol–water partition coefficient (Wildman–Crippen LogP) is 0.464. The van der Waals surface area contributed by atoms with Crippen molar-refractivity contribution in [2.75, 3.05) is 5.33 Å². The first-order valence-corrected chi connectivity index (χ1v) is 4.19. The Kier molecular flexibility index (Phi) is 3.04. The molecule has 2 atom stereocenters. The van der Waals surface area contributed by atoms with Crippen molar-refractivity contribution in [3.05, 3.63) is 18.0 Å². The van der Waals surface area contributed by atoms with Crippen LogP contribution in [0.25, 0.3) is 0 Å². The van der Waals surface area contributed by atoms with Gasteiger partial charge in [-0.2, -0.15) is 0 Å². The van der Waals surface area contributed by atoms with Gasteiger partial charge in [0.05, 0.1) is 12.3 Å². The van der Waals surface area contributed by atoms with E-state index in [4.69, 9.17) is 5.11 Å². The Morgan fingerprint density at radius 1 is 1.64 bits per heavy atom. The van der Waals surface area contributed by atoms with Gasteiger partial charge >= 0.3 is 0 Å². The molecule has 0 aliphatic heterocycles. The first-order chi connectivity index (χ1) is 5.25. The van der Waals surface area contributed by atoms with Crippen LogP contribution in [0.5, 0.6) is 0 Å². The normalized spacial score (nSPS) is 16.3. The Morgan fingerprint density at radius 3 is 2.82 bits per heavy atom. The van der Waals surface area contributed by atoms with Crippen LogP contribution in [0.2, 0.25) is 0 Å². The minimum Gasteiger partial charge on any atom is -0.389 e. The van der Waals surface area contributed by atoms with Crippen LogP contribution in [-0.4, -0.2) is 26.8 Å². The van der Waals surface area contributed by atoms with Crippen molar-refractivity contribution in [3.63, 3.8) is 0 Å². The molecule has 0 spiro atoms. The molecule has 2 unspecified atom stereocenters. The highest BCUT2D eigenvalue weighted by Gasteiger charge is 2.18. The third-order valence-corrected chi connectivity index (χ3v) is 1.98. The summed E-state index contributed by atoms with van der Waals surface area (Å²) in [5.41, 5.74) is 0.483. The molecule has 1 aromatic heterocycles. The van der Waals surface area contributed by atoms with Crippen molar-refractivity contribution >= 4 is 15.9 Å². The lowest BCUT2D eigenvalue weighted by Gasteiger charge is -2.11. The average molecular weight is 222 g/mol. The molecule has 5 heteroatoms. The van der Waals surface area contributed by atoms with Gasteiger partial charge in [0.15, 0.2) is 0 Å². The molecule has 1 heterocycles. The number of rotatable bonds is 3. The summed E-state index contributed by atoms with van der Waals surface area (Å²) >= 11 is 3.04. The summed E-state index contributed by atoms with van der Waals surface area (Å²) in [7, 11) is 0. The molecule has 1 rings (SSSR count). The Balaban J connectivity index is 2.62. The van der Waals surface area contributed by atoms with Gasteiger partial charge < -0.3 is 14.7 Å². The van der Waals surface area contributed by atoms with Gasteiger partial charge in [0, 0.05) is 10.9 Å². The van der Waals surface area contributed by atoms with E-state index in [1.807, 2.05) is 0 Å². The molecule has 1 aromatic rings. The number of halogens is 1. The number of aliphatic hydroxyl groups is 2. The molecule has 0 aromatic carbocycles. The fourth-order valence-corrected chi connectivity index (χ4v) is 1.02. The zero-order chi connectivity index (χ0) is 8.27. The van der Waals surface area contributed by atoms with E-state index in [0.29, 0.717) is 10.9 Å². The molecule has 0 amide bonds. The maximum atomic E-state index is 9.30. The van der Waals surface area contributed by atoms with E-state index in [-0.39, 0.29) is 0 Å². The van der Waals surface area contributed by atoms with Crippen molar-refractivity contribution in [1.82, 2.24) is 5.16 Å². The molecule has 62 valence electrons. The minimum atomic E-state index is -0.930. The largest absolute Gasteiger partial charge is 0.389 e. The van der Waals surface area contributed by atoms with Gasteiger partial charge in [0.25, 0.3) is 0 Å². The fraction of sp³-hybridized carbons (Fsp3) is 0.500. The molecule has 11 heavy (non-hydrogen) atoms. The maximum absolute atomic E-state index is 9.30. The number of hydrogen-bond acceptors (Lipinski definition) is 4. The second-order valence-corrected chi connectivity index (χ2v) is 2.77. The van der Waals surface area contributed by atoms with Crippen LogP contribution in [0.4, 0.5) is 0 Å². The van der Waals surface area contributed by atoms with Gasteiger partial charge in [-0.05, 0) is 0 Å². The number of alkyl halides is 1. The summed E-state index contributed by atoms with van der Waals surface area (Å²) in [4.78, 5) is 0. The van der Waals surface area contributed by atoms with E-state index < -0.39 is 12.2 Å². The maximum Gasteiger partial charge on any atom is 0.129 e. The van der Waals surface area contributed by atoms with Crippen LogP contribution in [0.15, 0.2) is 17.0 Å². The molecule has 0 aliphatic rings. The molecule has 0 aliphatic carbocycles. The number of hydrogen-bond donors (Lipinski definition) is 2. The standard InChI is InChI=1S/C6H8BrNO3/c7-1-5(9)6(10)4-2-8-11-3-4/h2-3,5-6,9-10H,1H2. The Hall–Kier alpha value is -0.390. The van der Waals surface area contributed by atoms with Crippen LogP contribution >= 0.6 is 15.9 Å². The van der Waals surface area contributed by atoms with Gasteiger partial charge in [0.2, 0.25) is 0 Å².